The largest absolute Gasteiger partial charge is 0.374 e. The molecule has 128 valence electrons. The Morgan fingerprint density at radius 1 is 1.33 bits per heavy atom. The number of hydrogen-bond acceptors (Lipinski definition) is 4. The molecule has 2 atom stereocenters. The topological polar surface area (TPSA) is 39.1 Å². The van der Waals surface area contributed by atoms with Gasteiger partial charge < -0.3 is 10.1 Å². The molecule has 6 heteroatoms. The van der Waals surface area contributed by atoms with E-state index >= 15 is 0 Å². The van der Waals surface area contributed by atoms with Gasteiger partial charge in [-0.1, -0.05) is 0 Å². The molecule has 1 aromatic heterocycles. The van der Waals surface area contributed by atoms with Crippen LogP contribution in [0.1, 0.15) is 25.0 Å². The monoisotopic (exact) mass is 347 g/mol. The van der Waals surface area contributed by atoms with Crippen molar-refractivity contribution in [1.82, 2.24) is 15.1 Å². The molecule has 1 aromatic carbocycles. The maximum atomic E-state index is 13.1. The number of ether oxygens (including phenoxy) is 1. The first-order valence-electron chi connectivity index (χ1n) is 8.48. The Bertz CT molecular complexity index is 682. The van der Waals surface area contributed by atoms with Crippen LogP contribution in [0.5, 0.6) is 0 Å². The lowest BCUT2D eigenvalue weighted by Gasteiger charge is -2.38. The van der Waals surface area contributed by atoms with Crippen molar-refractivity contribution in [3.05, 3.63) is 48.0 Å². The van der Waals surface area contributed by atoms with E-state index in [1.54, 1.807) is 18.3 Å². The first-order chi connectivity index (χ1) is 11.7. The first-order valence-corrected chi connectivity index (χ1v) is 9.64. The van der Waals surface area contributed by atoms with Crippen LogP contribution in [-0.2, 0) is 11.3 Å². The summed E-state index contributed by atoms with van der Waals surface area (Å²) in [6.45, 7) is 1.60. The molecule has 4 rings (SSSR count). The van der Waals surface area contributed by atoms with Crippen LogP contribution in [0.25, 0.3) is 5.69 Å². The summed E-state index contributed by atoms with van der Waals surface area (Å²) in [7, 11) is 0. The molecule has 0 bridgehead atoms. The lowest BCUT2D eigenvalue weighted by molar-refractivity contribution is -0.0703. The third-order valence-electron chi connectivity index (χ3n) is 4.92. The van der Waals surface area contributed by atoms with Crippen molar-refractivity contribution in [2.45, 2.75) is 37.5 Å². The zero-order valence-electron chi connectivity index (χ0n) is 13.6. The van der Waals surface area contributed by atoms with Gasteiger partial charge in [0.1, 0.15) is 5.82 Å². The highest BCUT2D eigenvalue weighted by Crippen LogP contribution is 2.38. The minimum absolute atomic E-state index is 0.0950. The summed E-state index contributed by atoms with van der Waals surface area (Å²) in [6.07, 6.45) is 5.10. The summed E-state index contributed by atoms with van der Waals surface area (Å²) in [5.41, 5.74) is 2.06. The van der Waals surface area contributed by atoms with Crippen LogP contribution in [0, 0.1) is 5.82 Å². The average molecular weight is 347 g/mol. The molecule has 2 unspecified atom stereocenters. The van der Waals surface area contributed by atoms with Gasteiger partial charge in [-0.3, -0.25) is 0 Å². The maximum absolute atomic E-state index is 13.1. The van der Waals surface area contributed by atoms with E-state index in [1.807, 2.05) is 22.5 Å². The van der Waals surface area contributed by atoms with Gasteiger partial charge in [-0.05, 0) is 55.3 Å². The van der Waals surface area contributed by atoms with Crippen molar-refractivity contribution < 1.29 is 9.13 Å². The van der Waals surface area contributed by atoms with Gasteiger partial charge in [0.05, 0.1) is 17.0 Å². The summed E-state index contributed by atoms with van der Waals surface area (Å²) in [5.74, 6) is 2.11. The van der Waals surface area contributed by atoms with Crippen molar-refractivity contribution >= 4 is 11.8 Å². The molecule has 0 radical (unpaired) electrons. The number of benzene rings is 1. The maximum Gasteiger partial charge on any atom is 0.123 e. The van der Waals surface area contributed by atoms with Gasteiger partial charge in [0.2, 0.25) is 0 Å². The number of rotatable bonds is 4. The van der Waals surface area contributed by atoms with Gasteiger partial charge in [0.25, 0.3) is 0 Å². The van der Waals surface area contributed by atoms with E-state index in [9.17, 15) is 4.39 Å². The Labute approximate surface area is 145 Å². The number of halogens is 1. The lowest BCUT2D eigenvalue weighted by atomic mass is 9.90. The molecule has 0 aliphatic carbocycles. The predicted molar refractivity (Wildman–Crippen MR) is 94.0 cm³/mol. The van der Waals surface area contributed by atoms with E-state index in [-0.39, 0.29) is 11.4 Å². The Morgan fingerprint density at radius 3 is 3.00 bits per heavy atom. The van der Waals surface area contributed by atoms with Crippen LogP contribution in [-0.4, -0.2) is 39.5 Å². The Hall–Kier alpha value is -1.37. The third-order valence-corrected chi connectivity index (χ3v) is 6.15. The van der Waals surface area contributed by atoms with Crippen molar-refractivity contribution in [3.8, 4) is 5.69 Å². The fourth-order valence-electron chi connectivity index (χ4n) is 3.59. The molecule has 1 N–H and O–H groups in total. The molecule has 1 spiro atoms. The van der Waals surface area contributed by atoms with Gasteiger partial charge >= 0.3 is 0 Å². The number of nitrogens with zero attached hydrogens (tertiary/aromatic N) is 2. The highest BCUT2D eigenvalue weighted by molar-refractivity contribution is 7.99. The Morgan fingerprint density at radius 2 is 2.21 bits per heavy atom. The molecule has 2 saturated heterocycles. The number of hydrogen-bond donors (Lipinski definition) is 1. The van der Waals surface area contributed by atoms with Crippen LogP contribution in [0.3, 0.4) is 0 Å². The lowest BCUT2D eigenvalue weighted by Crippen LogP contribution is -2.47. The normalized spacial score (nSPS) is 27.0. The average Bonchev–Trinajstić information content (AvgIpc) is 3.24. The van der Waals surface area contributed by atoms with E-state index in [0.29, 0.717) is 6.04 Å². The second-order valence-corrected chi connectivity index (χ2v) is 7.72. The molecule has 2 aromatic rings. The fourth-order valence-corrected chi connectivity index (χ4v) is 4.97. The summed E-state index contributed by atoms with van der Waals surface area (Å²) in [6, 6.07) is 8.93. The second-order valence-electron chi connectivity index (χ2n) is 6.62. The SMILES string of the molecule is Fc1ccc(-n2nccc2CNC2CCOC3(CCSC3)C2)cc1. The zero-order valence-corrected chi connectivity index (χ0v) is 14.4. The van der Waals surface area contributed by atoms with E-state index in [2.05, 4.69) is 10.4 Å². The van der Waals surface area contributed by atoms with Crippen molar-refractivity contribution in [2.75, 3.05) is 18.1 Å². The van der Waals surface area contributed by atoms with E-state index in [1.165, 1.54) is 24.3 Å². The summed E-state index contributed by atoms with van der Waals surface area (Å²) in [4.78, 5) is 0. The van der Waals surface area contributed by atoms with Crippen LogP contribution in [0.4, 0.5) is 4.39 Å². The molecule has 4 nitrogen and oxygen atoms in total. The molecule has 2 fully saturated rings. The molecular weight excluding hydrogens is 325 g/mol. The quantitative estimate of drug-likeness (QED) is 0.922. The molecule has 0 saturated carbocycles. The second kappa shape index (κ2) is 6.86. The van der Waals surface area contributed by atoms with Gasteiger partial charge in [0, 0.05) is 31.1 Å². The van der Waals surface area contributed by atoms with Crippen molar-refractivity contribution in [1.29, 1.82) is 0 Å². The summed E-state index contributed by atoms with van der Waals surface area (Å²) >= 11 is 2.00. The highest BCUT2D eigenvalue weighted by Gasteiger charge is 2.40. The smallest absolute Gasteiger partial charge is 0.123 e. The minimum atomic E-state index is -0.229. The molecule has 3 heterocycles. The van der Waals surface area contributed by atoms with Crippen molar-refractivity contribution in [2.24, 2.45) is 0 Å². The van der Waals surface area contributed by atoms with E-state index in [4.69, 9.17) is 4.74 Å². The van der Waals surface area contributed by atoms with Crippen molar-refractivity contribution in [3.63, 3.8) is 0 Å². The fraction of sp³-hybridized carbons (Fsp3) is 0.500. The summed E-state index contributed by atoms with van der Waals surface area (Å²) in [5, 5.41) is 8.05. The van der Waals surface area contributed by atoms with Crippen LogP contribution >= 0.6 is 11.8 Å². The standard InChI is InChI=1S/C18H22FN3OS/c19-14-1-3-16(4-2-14)22-17(5-8-21-22)12-20-15-6-9-23-18(11-15)7-10-24-13-18/h1-5,8,15,20H,6-7,9-13H2. The van der Waals surface area contributed by atoms with Crippen LogP contribution in [0.2, 0.25) is 0 Å². The molecule has 0 amide bonds. The predicted octanol–water partition coefficient (Wildman–Crippen LogP) is 3.16. The third kappa shape index (κ3) is 3.36. The van der Waals surface area contributed by atoms with Gasteiger partial charge in [-0.15, -0.1) is 0 Å². The zero-order chi connectivity index (χ0) is 16.4. The first kappa shape index (κ1) is 16.1. The minimum Gasteiger partial charge on any atom is -0.374 e. The molecule has 2 aliphatic heterocycles. The van der Waals surface area contributed by atoms with Gasteiger partial charge in [0.15, 0.2) is 0 Å². The molecular formula is C18H22FN3OS. The molecule has 2 aliphatic rings. The van der Waals surface area contributed by atoms with Gasteiger partial charge in [-0.2, -0.15) is 16.9 Å². The van der Waals surface area contributed by atoms with E-state index < -0.39 is 0 Å². The van der Waals surface area contributed by atoms with Gasteiger partial charge in [-0.25, -0.2) is 9.07 Å². The van der Waals surface area contributed by atoms with Crippen LogP contribution in [0.15, 0.2) is 36.5 Å². The highest BCUT2D eigenvalue weighted by atomic mass is 32.2. The number of thioether (sulfide) groups is 1. The Kier molecular flexibility index (Phi) is 4.61. The Balaban J connectivity index is 1.41. The number of aromatic nitrogens is 2. The number of nitrogens with one attached hydrogen (secondary N) is 1. The van der Waals surface area contributed by atoms with Crippen LogP contribution < -0.4 is 5.32 Å². The van der Waals surface area contributed by atoms with E-state index in [0.717, 1.165) is 43.1 Å². The molecule has 24 heavy (non-hydrogen) atoms. The summed E-state index contributed by atoms with van der Waals surface area (Å²) < 4.78 is 21.1.